The van der Waals surface area contributed by atoms with Crippen molar-refractivity contribution in [1.82, 2.24) is 4.98 Å². The fraction of sp³-hybridized carbons (Fsp3) is 0.333. The van der Waals surface area contributed by atoms with Crippen molar-refractivity contribution in [3.05, 3.63) is 88.7 Å². The summed E-state index contributed by atoms with van der Waals surface area (Å²) in [5.41, 5.74) is 3.94. The molecule has 3 aromatic rings. The van der Waals surface area contributed by atoms with E-state index >= 15 is 0 Å². The first-order valence-electron chi connectivity index (χ1n) is 12.4. The lowest BCUT2D eigenvalue weighted by Crippen LogP contribution is -2.56. The number of aliphatic hydroxyl groups is 1. The van der Waals surface area contributed by atoms with E-state index in [0.717, 1.165) is 22.3 Å². The molecule has 0 unspecified atom stereocenters. The van der Waals surface area contributed by atoms with Crippen LogP contribution in [0, 0.1) is 39.5 Å². The zero-order chi connectivity index (χ0) is 26.9. The number of anilines is 2. The minimum absolute atomic E-state index is 0.320. The van der Waals surface area contributed by atoms with Gasteiger partial charge < -0.3 is 15.7 Å². The zero-order valence-corrected chi connectivity index (χ0v) is 21.8. The molecule has 3 N–H and O–H groups in total. The van der Waals surface area contributed by atoms with Crippen molar-refractivity contribution < 1.29 is 19.5 Å². The van der Waals surface area contributed by atoms with Gasteiger partial charge in [-0.3, -0.25) is 19.4 Å². The molecule has 2 amide bonds. The largest absolute Gasteiger partial charge is 0.389 e. The Kier molecular flexibility index (Phi) is 7.28. The fourth-order valence-corrected chi connectivity index (χ4v) is 5.39. The molecule has 0 saturated heterocycles. The molecule has 0 spiro atoms. The fourth-order valence-electron chi connectivity index (χ4n) is 5.39. The Balaban J connectivity index is 1.75. The van der Waals surface area contributed by atoms with Crippen LogP contribution in [-0.4, -0.2) is 33.3 Å². The van der Waals surface area contributed by atoms with Gasteiger partial charge in [0.2, 0.25) is 11.8 Å². The number of pyridine rings is 1. The van der Waals surface area contributed by atoms with Crippen molar-refractivity contribution in [2.75, 3.05) is 10.6 Å². The predicted octanol–water partition coefficient (Wildman–Crippen LogP) is 4.63. The summed E-state index contributed by atoms with van der Waals surface area (Å²) in [6.07, 6.45) is 2.82. The molecule has 37 heavy (non-hydrogen) atoms. The van der Waals surface area contributed by atoms with E-state index in [1.165, 1.54) is 6.92 Å². The summed E-state index contributed by atoms with van der Waals surface area (Å²) in [7, 11) is 0. The normalized spacial score (nSPS) is 23.4. The molecule has 1 fully saturated rings. The van der Waals surface area contributed by atoms with Crippen molar-refractivity contribution in [2.45, 2.75) is 52.6 Å². The van der Waals surface area contributed by atoms with Crippen LogP contribution in [0.3, 0.4) is 0 Å². The summed E-state index contributed by atoms with van der Waals surface area (Å²) in [6.45, 7) is 9.19. The van der Waals surface area contributed by atoms with Gasteiger partial charge in [-0.25, -0.2) is 0 Å². The molecular formula is C30H33N3O4. The number of aryl methyl sites for hydroxylation is 4. The highest BCUT2D eigenvalue weighted by Gasteiger charge is 2.56. The minimum Gasteiger partial charge on any atom is -0.389 e. The number of carbonyl (C=O) groups excluding carboxylic acids is 3. The number of hydrogen-bond donors (Lipinski definition) is 3. The molecule has 1 heterocycles. The van der Waals surface area contributed by atoms with Crippen molar-refractivity contribution >= 4 is 29.0 Å². The van der Waals surface area contributed by atoms with Crippen molar-refractivity contribution in [3.63, 3.8) is 0 Å². The summed E-state index contributed by atoms with van der Waals surface area (Å²) >= 11 is 0. The first-order valence-corrected chi connectivity index (χ1v) is 12.4. The van der Waals surface area contributed by atoms with Gasteiger partial charge in [0.1, 0.15) is 11.7 Å². The molecule has 0 aliphatic heterocycles. The average molecular weight is 500 g/mol. The van der Waals surface area contributed by atoms with Gasteiger partial charge in [0.25, 0.3) is 0 Å². The number of rotatable bonds is 5. The topological polar surface area (TPSA) is 108 Å². The monoisotopic (exact) mass is 499 g/mol. The molecule has 0 bridgehead atoms. The molecule has 1 aliphatic carbocycles. The van der Waals surface area contributed by atoms with Gasteiger partial charge in [0.15, 0.2) is 0 Å². The highest BCUT2D eigenvalue weighted by molar-refractivity contribution is 6.10. The Labute approximate surface area is 217 Å². The highest BCUT2D eigenvalue weighted by Crippen LogP contribution is 2.46. The second-order valence-corrected chi connectivity index (χ2v) is 10.4. The van der Waals surface area contributed by atoms with Crippen molar-refractivity contribution in [1.29, 1.82) is 0 Å². The second kappa shape index (κ2) is 10.3. The van der Waals surface area contributed by atoms with Gasteiger partial charge in [-0.1, -0.05) is 41.5 Å². The van der Waals surface area contributed by atoms with Crippen LogP contribution in [0.1, 0.15) is 47.1 Å². The van der Waals surface area contributed by atoms with E-state index in [2.05, 4.69) is 15.6 Å². The lowest BCUT2D eigenvalue weighted by atomic mass is 9.61. The van der Waals surface area contributed by atoms with Gasteiger partial charge in [0, 0.05) is 36.1 Å². The summed E-state index contributed by atoms with van der Waals surface area (Å²) in [6, 6.07) is 14.7. The molecule has 1 saturated carbocycles. The van der Waals surface area contributed by atoms with Gasteiger partial charge in [-0.05, 0) is 69.5 Å². The van der Waals surface area contributed by atoms with Crippen LogP contribution in [0.25, 0.3) is 0 Å². The molecule has 2 aromatic carbocycles. The average Bonchev–Trinajstić information content (AvgIpc) is 2.82. The number of Topliss-reactive ketones (excluding diaryl/α,β-unsaturated/α-hetero) is 1. The lowest BCUT2D eigenvalue weighted by molar-refractivity contribution is -0.150. The van der Waals surface area contributed by atoms with Gasteiger partial charge in [-0.15, -0.1) is 0 Å². The maximum atomic E-state index is 13.8. The van der Waals surface area contributed by atoms with Crippen LogP contribution in [0.5, 0.6) is 0 Å². The van der Waals surface area contributed by atoms with E-state index in [4.69, 9.17) is 0 Å². The Morgan fingerprint density at radius 2 is 1.49 bits per heavy atom. The second-order valence-electron chi connectivity index (χ2n) is 10.4. The minimum atomic E-state index is -1.67. The summed E-state index contributed by atoms with van der Waals surface area (Å²) in [5.74, 6) is -4.56. The molecule has 4 rings (SSSR count). The molecule has 1 aromatic heterocycles. The van der Waals surface area contributed by atoms with E-state index in [9.17, 15) is 19.5 Å². The third-order valence-corrected chi connectivity index (χ3v) is 7.18. The highest BCUT2D eigenvalue weighted by atomic mass is 16.3. The molecule has 0 radical (unpaired) electrons. The quantitative estimate of drug-likeness (QED) is 0.444. The summed E-state index contributed by atoms with van der Waals surface area (Å²) < 4.78 is 0. The molecule has 192 valence electrons. The van der Waals surface area contributed by atoms with Crippen LogP contribution >= 0.6 is 0 Å². The van der Waals surface area contributed by atoms with Crippen LogP contribution < -0.4 is 10.6 Å². The third kappa shape index (κ3) is 5.47. The predicted molar refractivity (Wildman–Crippen MR) is 143 cm³/mol. The first-order chi connectivity index (χ1) is 17.5. The van der Waals surface area contributed by atoms with Crippen LogP contribution in [0.4, 0.5) is 11.4 Å². The van der Waals surface area contributed by atoms with Gasteiger partial charge in [-0.2, -0.15) is 0 Å². The van der Waals surface area contributed by atoms with E-state index in [-0.39, 0.29) is 6.42 Å². The Hall–Kier alpha value is -3.84. The van der Waals surface area contributed by atoms with Crippen LogP contribution in [0.15, 0.2) is 60.9 Å². The number of amides is 2. The van der Waals surface area contributed by atoms with E-state index in [1.807, 2.05) is 58.0 Å². The Morgan fingerprint density at radius 3 is 2.00 bits per heavy atom. The molecule has 7 heteroatoms. The number of hydrogen-bond acceptors (Lipinski definition) is 5. The number of carbonyl (C=O) groups is 3. The van der Waals surface area contributed by atoms with Crippen LogP contribution in [-0.2, 0) is 14.4 Å². The van der Waals surface area contributed by atoms with Gasteiger partial charge in [0.05, 0.1) is 11.5 Å². The number of ketones is 1. The molecule has 7 nitrogen and oxygen atoms in total. The molecule has 1 aliphatic rings. The third-order valence-electron chi connectivity index (χ3n) is 7.18. The molecular weight excluding hydrogens is 466 g/mol. The van der Waals surface area contributed by atoms with E-state index in [0.29, 0.717) is 16.9 Å². The molecule has 4 atom stereocenters. The maximum absolute atomic E-state index is 13.8. The number of nitrogens with zero attached hydrogens (tertiary/aromatic N) is 1. The summed E-state index contributed by atoms with van der Waals surface area (Å²) in [4.78, 5) is 45.0. The first kappa shape index (κ1) is 26.2. The number of nitrogens with one attached hydrogen (secondary N) is 2. The standard InChI is InChI=1S/C30H33N3O4/c1-17-8-10-22(19(3)13-17)32-28(35)26-24(34)15-30(5,37)27(25(26)21-7-6-12-31-16-21)29(36)33-23-11-9-18(2)14-20(23)4/h6-14,16,25-27,37H,15H2,1-5H3,(H,32,35)(H,33,36)/t25-,26-,27-,30+/m1/s1. The number of benzene rings is 2. The Morgan fingerprint density at radius 1 is 0.919 bits per heavy atom. The van der Waals surface area contributed by atoms with Gasteiger partial charge >= 0.3 is 0 Å². The maximum Gasteiger partial charge on any atom is 0.235 e. The van der Waals surface area contributed by atoms with E-state index in [1.54, 1.807) is 30.6 Å². The van der Waals surface area contributed by atoms with Crippen molar-refractivity contribution in [2.24, 2.45) is 11.8 Å². The zero-order valence-electron chi connectivity index (χ0n) is 21.8. The van der Waals surface area contributed by atoms with Crippen LogP contribution in [0.2, 0.25) is 0 Å². The van der Waals surface area contributed by atoms with E-state index < -0.39 is 41.0 Å². The lowest BCUT2D eigenvalue weighted by Gasteiger charge is -2.44. The SMILES string of the molecule is Cc1ccc(NC(=O)[C@@H]2C(=O)C[C@](C)(O)[C@@H](C(=O)Nc3ccc(C)cc3C)[C@@H]2c2cccnc2)c(C)c1. The van der Waals surface area contributed by atoms with Crippen molar-refractivity contribution in [3.8, 4) is 0 Å². The Bertz CT molecular complexity index is 1350. The number of aromatic nitrogens is 1. The summed E-state index contributed by atoms with van der Waals surface area (Å²) in [5, 5.41) is 17.3. The smallest absolute Gasteiger partial charge is 0.235 e.